The van der Waals surface area contributed by atoms with Gasteiger partial charge < -0.3 is 14.3 Å². The molecule has 4 nitrogen and oxygen atoms in total. The molecule has 0 unspecified atom stereocenters. The van der Waals surface area contributed by atoms with Crippen molar-refractivity contribution in [2.24, 2.45) is 0 Å². The van der Waals surface area contributed by atoms with Crippen LogP contribution in [0.25, 0.3) is 22.1 Å². The topological polar surface area (TPSA) is 59.7 Å². The van der Waals surface area contributed by atoms with Crippen LogP contribution in [0, 0.1) is 0 Å². The summed E-state index contributed by atoms with van der Waals surface area (Å²) < 4.78 is 11.6. The Morgan fingerprint density at radius 1 is 1.16 bits per heavy atom. The van der Waals surface area contributed by atoms with E-state index in [9.17, 15) is 9.90 Å². The zero-order chi connectivity index (χ0) is 18.1. The van der Waals surface area contributed by atoms with Crippen LogP contribution in [-0.4, -0.2) is 11.7 Å². The van der Waals surface area contributed by atoms with Crippen LogP contribution in [0.3, 0.4) is 0 Å². The summed E-state index contributed by atoms with van der Waals surface area (Å²) in [4.78, 5) is 13.2. The number of aromatic hydroxyl groups is 1. The molecule has 1 aromatic heterocycles. The fourth-order valence-corrected chi connectivity index (χ4v) is 2.95. The third-order valence-electron chi connectivity index (χ3n) is 3.97. The molecule has 0 amide bonds. The largest absolute Gasteiger partial charge is 0.504 e. The van der Waals surface area contributed by atoms with E-state index in [4.69, 9.17) is 20.8 Å². The summed E-state index contributed by atoms with van der Waals surface area (Å²) in [5.41, 5.74) is 1.36. The van der Waals surface area contributed by atoms with E-state index in [1.807, 2.05) is 20.8 Å². The molecule has 3 rings (SSSR count). The molecule has 0 saturated carbocycles. The lowest BCUT2D eigenvalue weighted by Gasteiger charge is -2.15. The third kappa shape index (κ3) is 3.10. The van der Waals surface area contributed by atoms with Gasteiger partial charge in [-0.3, -0.25) is 4.79 Å². The highest BCUT2D eigenvalue weighted by Crippen LogP contribution is 2.38. The van der Waals surface area contributed by atoms with Gasteiger partial charge in [0.2, 0.25) is 11.2 Å². The van der Waals surface area contributed by atoms with E-state index < -0.39 is 0 Å². The number of fused-ring (bicyclic) bond motifs is 1. The van der Waals surface area contributed by atoms with Crippen molar-refractivity contribution >= 4 is 22.6 Å². The molecule has 5 heteroatoms. The molecule has 25 heavy (non-hydrogen) atoms. The van der Waals surface area contributed by atoms with Crippen LogP contribution in [0.15, 0.2) is 45.6 Å². The van der Waals surface area contributed by atoms with Crippen LogP contribution in [-0.2, 0) is 0 Å². The summed E-state index contributed by atoms with van der Waals surface area (Å²) in [5.74, 6) is 0.666. The van der Waals surface area contributed by atoms with E-state index in [-0.39, 0.29) is 28.4 Å². The fourth-order valence-electron chi connectivity index (χ4n) is 2.82. The number of halogens is 1. The minimum absolute atomic E-state index is 0.0281. The summed E-state index contributed by atoms with van der Waals surface area (Å²) >= 11 is 5.96. The summed E-state index contributed by atoms with van der Waals surface area (Å²) in [6.07, 6.45) is 0. The monoisotopic (exact) mass is 358 g/mol. The molecule has 130 valence electrons. The molecule has 0 radical (unpaired) electrons. The van der Waals surface area contributed by atoms with E-state index >= 15 is 0 Å². The average molecular weight is 359 g/mol. The Kier molecular flexibility index (Phi) is 4.73. The molecule has 0 aliphatic rings. The summed E-state index contributed by atoms with van der Waals surface area (Å²) in [5, 5.41) is 11.0. The van der Waals surface area contributed by atoms with Crippen LogP contribution >= 0.6 is 11.6 Å². The SMILES string of the molecule is CCOc1c(O)ccc2c(=O)c(-c3ccc(Cl)cc3)c(C(C)C)oc12. The number of benzene rings is 2. The van der Waals surface area contributed by atoms with Gasteiger partial charge in [0, 0.05) is 10.9 Å². The van der Waals surface area contributed by atoms with E-state index in [1.165, 1.54) is 6.07 Å². The van der Waals surface area contributed by atoms with Gasteiger partial charge in [0.25, 0.3) is 0 Å². The first-order valence-corrected chi connectivity index (χ1v) is 8.53. The Morgan fingerprint density at radius 2 is 1.84 bits per heavy atom. The predicted molar refractivity (Wildman–Crippen MR) is 99.9 cm³/mol. The number of hydrogen-bond acceptors (Lipinski definition) is 4. The highest BCUT2D eigenvalue weighted by Gasteiger charge is 2.22. The second-order valence-corrected chi connectivity index (χ2v) is 6.49. The van der Waals surface area contributed by atoms with Crippen molar-refractivity contribution in [2.45, 2.75) is 26.7 Å². The summed E-state index contributed by atoms with van der Waals surface area (Å²) in [6, 6.07) is 10.1. The predicted octanol–water partition coefficient (Wildman–Crippen LogP) is 5.34. The molecule has 0 bridgehead atoms. The van der Waals surface area contributed by atoms with E-state index in [0.717, 1.165) is 5.56 Å². The zero-order valence-electron chi connectivity index (χ0n) is 14.3. The van der Waals surface area contributed by atoms with Crippen LogP contribution in [0.5, 0.6) is 11.5 Å². The Labute approximate surface area is 150 Å². The van der Waals surface area contributed by atoms with Crippen molar-refractivity contribution in [1.82, 2.24) is 0 Å². The second kappa shape index (κ2) is 6.81. The normalized spacial score (nSPS) is 11.2. The van der Waals surface area contributed by atoms with Gasteiger partial charge in [-0.05, 0) is 36.8 Å². The molecular weight excluding hydrogens is 340 g/mol. The van der Waals surface area contributed by atoms with Crippen LogP contribution in [0.2, 0.25) is 5.02 Å². The fraction of sp³-hybridized carbons (Fsp3) is 0.250. The zero-order valence-corrected chi connectivity index (χ0v) is 15.1. The summed E-state index contributed by atoms with van der Waals surface area (Å²) in [7, 11) is 0. The number of phenolic OH excluding ortho intramolecular Hbond substituents is 1. The minimum atomic E-state index is -0.159. The Hall–Kier alpha value is -2.46. The highest BCUT2D eigenvalue weighted by molar-refractivity contribution is 6.30. The maximum absolute atomic E-state index is 13.2. The molecule has 3 aromatic rings. The number of rotatable bonds is 4. The minimum Gasteiger partial charge on any atom is -0.504 e. The van der Waals surface area contributed by atoms with Crippen molar-refractivity contribution in [1.29, 1.82) is 0 Å². The standard InChI is InChI=1S/C20H19ClO4/c1-4-24-20-15(22)10-9-14-17(23)16(12-5-7-13(21)8-6-12)18(11(2)3)25-19(14)20/h5-11,22H,4H2,1-3H3. The molecule has 2 aromatic carbocycles. The number of ether oxygens (including phenoxy) is 1. The lowest BCUT2D eigenvalue weighted by molar-refractivity contribution is 0.315. The molecule has 1 N–H and O–H groups in total. The lowest BCUT2D eigenvalue weighted by atomic mass is 9.97. The van der Waals surface area contributed by atoms with Crippen molar-refractivity contribution in [2.75, 3.05) is 6.61 Å². The lowest BCUT2D eigenvalue weighted by Crippen LogP contribution is -2.11. The molecule has 0 aliphatic carbocycles. The second-order valence-electron chi connectivity index (χ2n) is 6.06. The Balaban J connectivity index is 2.40. The smallest absolute Gasteiger partial charge is 0.204 e. The van der Waals surface area contributed by atoms with E-state index in [1.54, 1.807) is 30.3 Å². The molecule has 0 aliphatic heterocycles. The quantitative estimate of drug-likeness (QED) is 0.683. The van der Waals surface area contributed by atoms with Crippen LogP contribution in [0.4, 0.5) is 0 Å². The number of hydrogen-bond donors (Lipinski definition) is 1. The molecular formula is C20H19ClO4. The maximum Gasteiger partial charge on any atom is 0.204 e. The van der Waals surface area contributed by atoms with Gasteiger partial charge >= 0.3 is 0 Å². The Morgan fingerprint density at radius 3 is 2.44 bits per heavy atom. The average Bonchev–Trinajstić information content (AvgIpc) is 2.58. The highest BCUT2D eigenvalue weighted by atomic mass is 35.5. The Bertz CT molecular complexity index is 972. The van der Waals surface area contributed by atoms with Gasteiger partial charge in [-0.2, -0.15) is 0 Å². The first-order chi connectivity index (χ1) is 11.9. The van der Waals surface area contributed by atoms with E-state index in [2.05, 4.69) is 0 Å². The third-order valence-corrected chi connectivity index (χ3v) is 4.22. The van der Waals surface area contributed by atoms with Gasteiger partial charge in [0.15, 0.2) is 11.3 Å². The molecule has 0 fully saturated rings. The maximum atomic E-state index is 13.2. The summed E-state index contributed by atoms with van der Waals surface area (Å²) in [6.45, 7) is 6.06. The van der Waals surface area contributed by atoms with Crippen molar-refractivity contribution < 1.29 is 14.3 Å². The number of phenols is 1. The van der Waals surface area contributed by atoms with Crippen molar-refractivity contribution in [3.05, 3.63) is 57.4 Å². The van der Waals surface area contributed by atoms with Crippen LogP contribution < -0.4 is 10.2 Å². The molecule has 1 heterocycles. The molecule has 0 spiro atoms. The van der Waals surface area contributed by atoms with Crippen molar-refractivity contribution in [3.8, 4) is 22.6 Å². The van der Waals surface area contributed by atoms with Crippen LogP contribution in [0.1, 0.15) is 32.4 Å². The molecule has 0 atom stereocenters. The first kappa shape index (κ1) is 17.4. The van der Waals surface area contributed by atoms with Gasteiger partial charge in [-0.25, -0.2) is 0 Å². The van der Waals surface area contributed by atoms with Gasteiger partial charge in [0.05, 0.1) is 17.6 Å². The molecule has 0 saturated heterocycles. The van der Waals surface area contributed by atoms with Gasteiger partial charge in [-0.1, -0.05) is 37.6 Å². The van der Waals surface area contributed by atoms with Gasteiger partial charge in [-0.15, -0.1) is 0 Å². The van der Waals surface area contributed by atoms with E-state index in [0.29, 0.717) is 28.3 Å². The van der Waals surface area contributed by atoms with Gasteiger partial charge in [0.1, 0.15) is 5.76 Å². The van der Waals surface area contributed by atoms with Crippen molar-refractivity contribution in [3.63, 3.8) is 0 Å². The first-order valence-electron chi connectivity index (χ1n) is 8.15.